The maximum absolute atomic E-state index is 9.88. The molecule has 0 bridgehead atoms. The molecule has 2 rings (SSSR count). The van der Waals surface area contributed by atoms with Crippen molar-refractivity contribution >= 4 is 15.9 Å². The van der Waals surface area contributed by atoms with Gasteiger partial charge >= 0.3 is 0 Å². The van der Waals surface area contributed by atoms with Gasteiger partial charge < -0.3 is 20.1 Å². The zero-order chi connectivity index (χ0) is 14.9. The lowest BCUT2D eigenvalue weighted by molar-refractivity contribution is 0.106. The second-order valence-corrected chi connectivity index (χ2v) is 6.44. The molecular weight excluding hydrogens is 332 g/mol. The summed E-state index contributed by atoms with van der Waals surface area (Å²) in [5.74, 6) is 0.775. The number of ether oxygens (including phenoxy) is 1. The zero-order valence-corrected chi connectivity index (χ0v) is 14.0. The van der Waals surface area contributed by atoms with E-state index in [4.69, 9.17) is 4.74 Å². The maximum Gasteiger partial charge on any atom is 0.120 e. The van der Waals surface area contributed by atoms with E-state index in [9.17, 15) is 5.11 Å². The van der Waals surface area contributed by atoms with Gasteiger partial charge in [0.15, 0.2) is 0 Å². The Morgan fingerprint density at radius 1 is 1.33 bits per heavy atom. The summed E-state index contributed by atoms with van der Waals surface area (Å²) in [7, 11) is 0. The van der Waals surface area contributed by atoms with Crippen LogP contribution in [-0.4, -0.2) is 55.4 Å². The molecule has 1 aliphatic heterocycles. The summed E-state index contributed by atoms with van der Waals surface area (Å²) in [6, 6.07) is 7.66. The van der Waals surface area contributed by atoms with Crippen molar-refractivity contribution in [1.29, 1.82) is 0 Å². The lowest BCUT2D eigenvalue weighted by atomic mass is 10.3. The van der Waals surface area contributed by atoms with Crippen molar-refractivity contribution in [3.05, 3.63) is 28.7 Å². The first-order chi connectivity index (χ1) is 10.2. The second kappa shape index (κ2) is 9.41. The molecule has 0 radical (unpaired) electrons. The molecule has 1 unspecified atom stereocenters. The molecule has 4 nitrogen and oxygen atoms in total. The summed E-state index contributed by atoms with van der Waals surface area (Å²) in [6.07, 6.45) is 3.35. The highest BCUT2D eigenvalue weighted by atomic mass is 79.9. The van der Waals surface area contributed by atoms with Crippen LogP contribution >= 0.6 is 15.9 Å². The van der Waals surface area contributed by atoms with E-state index in [-0.39, 0.29) is 0 Å². The van der Waals surface area contributed by atoms with Crippen LogP contribution in [0, 0.1) is 0 Å². The second-order valence-electron chi connectivity index (χ2n) is 5.53. The molecule has 1 aromatic rings. The average Bonchev–Trinajstić information content (AvgIpc) is 2.98. The summed E-state index contributed by atoms with van der Waals surface area (Å²) in [4.78, 5) is 2.51. The van der Waals surface area contributed by atoms with Gasteiger partial charge in [-0.3, -0.25) is 0 Å². The largest absolute Gasteiger partial charge is 0.491 e. The molecule has 0 amide bonds. The molecule has 21 heavy (non-hydrogen) atoms. The molecule has 5 heteroatoms. The number of hydrogen-bond donors (Lipinski definition) is 2. The van der Waals surface area contributed by atoms with E-state index in [2.05, 4.69) is 26.1 Å². The van der Waals surface area contributed by atoms with E-state index in [1.165, 1.54) is 25.9 Å². The van der Waals surface area contributed by atoms with Crippen molar-refractivity contribution in [2.24, 2.45) is 0 Å². The van der Waals surface area contributed by atoms with Crippen molar-refractivity contribution in [3.8, 4) is 5.75 Å². The number of rotatable bonds is 9. The van der Waals surface area contributed by atoms with Gasteiger partial charge in [-0.25, -0.2) is 0 Å². The van der Waals surface area contributed by atoms with Crippen molar-refractivity contribution < 1.29 is 9.84 Å². The maximum atomic E-state index is 9.88. The molecule has 1 aliphatic rings. The van der Waals surface area contributed by atoms with Gasteiger partial charge in [-0.1, -0.05) is 22.0 Å². The van der Waals surface area contributed by atoms with Crippen LogP contribution in [0.15, 0.2) is 28.7 Å². The number of nitrogens with zero attached hydrogens (tertiary/aromatic N) is 1. The van der Waals surface area contributed by atoms with Crippen molar-refractivity contribution in [1.82, 2.24) is 10.2 Å². The lowest BCUT2D eigenvalue weighted by Crippen LogP contribution is -2.33. The minimum atomic E-state index is -0.476. The SMILES string of the molecule is OC(CNCCCN1CCCC1)COc1cccc(Br)c1. The van der Waals surface area contributed by atoms with Crippen LogP contribution < -0.4 is 10.1 Å². The Labute approximate surface area is 135 Å². The molecule has 1 heterocycles. The van der Waals surface area contributed by atoms with Crippen LogP contribution in [0.25, 0.3) is 0 Å². The Morgan fingerprint density at radius 3 is 2.90 bits per heavy atom. The van der Waals surface area contributed by atoms with Crippen molar-refractivity contribution in [2.45, 2.75) is 25.4 Å². The van der Waals surface area contributed by atoms with E-state index >= 15 is 0 Å². The fourth-order valence-corrected chi connectivity index (χ4v) is 2.89. The van der Waals surface area contributed by atoms with Gasteiger partial charge in [-0.2, -0.15) is 0 Å². The highest BCUT2D eigenvalue weighted by Crippen LogP contribution is 2.17. The molecule has 1 fully saturated rings. The third-order valence-electron chi connectivity index (χ3n) is 3.65. The zero-order valence-electron chi connectivity index (χ0n) is 12.4. The Morgan fingerprint density at radius 2 is 2.14 bits per heavy atom. The van der Waals surface area contributed by atoms with Gasteiger partial charge in [0.05, 0.1) is 0 Å². The van der Waals surface area contributed by atoms with Gasteiger partial charge in [-0.05, 0) is 63.6 Å². The minimum absolute atomic E-state index is 0.315. The number of likely N-dealkylation sites (tertiary alicyclic amines) is 1. The molecule has 2 N–H and O–H groups in total. The summed E-state index contributed by atoms with van der Waals surface area (Å²) >= 11 is 3.40. The molecule has 1 aromatic carbocycles. The average molecular weight is 357 g/mol. The van der Waals surface area contributed by atoms with Gasteiger partial charge in [0.25, 0.3) is 0 Å². The van der Waals surface area contributed by atoms with Crippen molar-refractivity contribution in [3.63, 3.8) is 0 Å². The normalized spacial score (nSPS) is 17.0. The number of aliphatic hydroxyl groups is 1. The summed E-state index contributed by atoms with van der Waals surface area (Å²) in [5, 5.41) is 13.2. The van der Waals surface area contributed by atoms with Crippen LogP contribution in [0.1, 0.15) is 19.3 Å². The Hall–Kier alpha value is -0.620. The van der Waals surface area contributed by atoms with Gasteiger partial charge in [0.1, 0.15) is 18.5 Å². The number of hydrogen-bond acceptors (Lipinski definition) is 4. The third kappa shape index (κ3) is 6.78. The van der Waals surface area contributed by atoms with Crippen LogP contribution in [0.3, 0.4) is 0 Å². The van der Waals surface area contributed by atoms with Crippen LogP contribution in [-0.2, 0) is 0 Å². The van der Waals surface area contributed by atoms with E-state index in [0.29, 0.717) is 13.2 Å². The number of halogens is 1. The van der Waals surface area contributed by atoms with Crippen molar-refractivity contribution in [2.75, 3.05) is 39.3 Å². The molecular formula is C16H25BrN2O2. The predicted molar refractivity (Wildman–Crippen MR) is 88.8 cm³/mol. The summed E-state index contributed by atoms with van der Waals surface area (Å²) in [5.41, 5.74) is 0. The van der Waals surface area contributed by atoms with Crippen LogP contribution in [0.4, 0.5) is 0 Å². The molecule has 1 atom stereocenters. The van der Waals surface area contributed by atoms with E-state index < -0.39 is 6.10 Å². The first-order valence-corrected chi connectivity index (χ1v) is 8.53. The molecule has 0 aliphatic carbocycles. The smallest absolute Gasteiger partial charge is 0.120 e. The van der Waals surface area contributed by atoms with E-state index in [0.717, 1.165) is 29.7 Å². The van der Waals surface area contributed by atoms with E-state index in [1.54, 1.807) is 0 Å². The first kappa shape index (κ1) is 16.7. The monoisotopic (exact) mass is 356 g/mol. The van der Waals surface area contributed by atoms with Gasteiger partial charge in [0, 0.05) is 11.0 Å². The number of benzene rings is 1. The highest BCUT2D eigenvalue weighted by molar-refractivity contribution is 9.10. The number of nitrogens with one attached hydrogen (secondary N) is 1. The van der Waals surface area contributed by atoms with E-state index in [1.807, 2.05) is 24.3 Å². The molecule has 0 spiro atoms. The molecule has 118 valence electrons. The topological polar surface area (TPSA) is 44.7 Å². The van der Waals surface area contributed by atoms with Gasteiger partial charge in [-0.15, -0.1) is 0 Å². The standard InChI is InChI=1S/C16H25BrN2O2/c17-14-5-3-6-16(11-14)21-13-15(20)12-18-7-4-10-19-8-1-2-9-19/h3,5-6,11,15,18,20H,1-2,4,7-10,12-13H2. The Kier molecular flexibility index (Phi) is 7.50. The molecule has 1 saturated heterocycles. The molecule has 0 saturated carbocycles. The number of aliphatic hydroxyl groups excluding tert-OH is 1. The lowest BCUT2D eigenvalue weighted by Gasteiger charge is -2.16. The van der Waals surface area contributed by atoms with Gasteiger partial charge in [0.2, 0.25) is 0 Å². The third-order valence-corrected chi connectivity index (χ3v) is 4.14. The fourth-order valence-electron chi connectivity index (χ4n) is 2.51. The summed E-state index contributed by atoms with van der Waals surface area (Å²) < 4.78 is 6.54. The predicted octanol–water partition coefficient (Wildman–Crippen LogP) is 2.26. The molecule has 0 aromatic heterocycles. The minimum Gasteiger partial charge on any atom is -0.491 e. The quantitative estimate of drug-likeness (QED) is 0.666. The van der Waals surface area contributed by atoms with Crippen LogP contribution in [0.2, 0.25) is 0 Å². The highest BCUT2D eigenvalue weighted by Gasteiger charge is 2.10. The Balaban J connectivity index is 1.50. The summed E-state index contributed by atoms with van der Waals surface area (Å²) in [6.45, 7) is 5.51. The first-order valence-electron chi connectivity index (χ1n) is 7.73. The Bertz CT molecular complexity index is 411. The fraction of sp³-hybridized carbons (Fsp3) is 0.625. The van der Waals surface area contributed by atoms with Crippen LogP contribution in [0.5, 0.6) is 5.75 Å².